The molecule has 0 aromatic rings. The van der Waals surface area contributed by atoms with Crippen LogP contribution in [-0.2, 0) is 0 Å². The molecule has 6 heteroatoms. The van der Waals surface area contributed by atoms with E-state index in [0.29, 0.717) is 0 Å². The third-order valence-electron chi connectivity index (χ3n) is 0. The molecule has 0 aromatic heterocycles. The lowest BCUT2D eigenvalue weighted by atomic mass is 10.7. The maximum atomic E-state index is 4.64. The molecule has 0 aromatic carbocycles. The van der Waals surface area contributed by atoms with Gasteiger partial charge in [0.25, 0.3) is 0 Å². The number of hydrogen-bond acceptors (Lipinski definition) is 0. The van der Waals surface area contributed by atoms with Crippen molar-refractivity contribution in [3.8, 4) is 0 Å². The Bertz CT molecular complexity index is 8.75. The van der Waals surface area contributed by atoms with Crippen molar-refractivity contribution in [3.05, 3.63) is 0 Å². The van der Waals surface area contributed by atoms with Gasteiger partial charge in [0, 0.05) is 0 Å². The summed E-state index contributed by atoms with van der Waals surface area (Å²) in [5.74, 6) is 0. The summed E-state index contributed by atoms with van der Waals surface area (Å²) in [6.45, 7) is 0. The molecule has 0 nitrogen and oxygen atoms in total. The fraction of sp³-hybridized carbons (Fsp3) is 0. The molecule has 6 heavy (non-hydrogen) atoms. The first kappa shape index (κ1) is 24.3. The molecule has 0 bridgehead atoms. The fourth-order valence-corrected chi connectivity index (χ4v) is 0. The van der Waals surface area contributed by atoms with Crippen LogP contribution in [0.1, 0.15) is 0 Å². The highest BCUT2D eigenvalue weighted by molar-refractivity contribution is 8.93. The van der Waals surface area contributed by atoms with Crippen LogP contribution in [0.3, 0.4) is 0 Å². The maximum absolute atomic E-state index is 4.64. The summed E-state index contributed by atoms with van der Waals surface area (Å²) < 4.78 is 0. The summed E-state index contributed by atoms with van der Waals surface area (Å²) in [6, 6.07) is 0. The highest BCUT2D eigenvalue weighted by atomic mass is 79.9. The molecule has 0 fully saturated rings. The van der Waals surface area contributed by atoms with E-state index in [-0.39, 0.29) is 50.9 Å². The van der Waals surface area contributed by atoms with Crippen LogP contribution >= 0.6 is 73.9 Å². The summed E-state index contributed by atoms with van der Waals surface area (Å²) in [5, 5.41) is 0. The van der Waals surface area contributed by atoms with E-state index in [9.17, 15) is 0 Å². The van der Waals surface area contributed by atoms with Crippen LogP contribution in [0.15, 0.2) is 0 Å². The highest BCUT2D eigenvalue weighted by Crippen LogP contribution is 1.67. The minimum absolute atomic E-state index is 0. The molecule has 0 N–H and O–H groups in total. The van der Waals surface area contributed by atoms with E-state index in [1.54, 1.807) is 0 Å². The molecule has 1 radical (unpaired) electrons. The Morgan fingerprint density at radius 1 is 0.833 bits per heavy atom. The average molecular weight is 324 g/mol. The van der Waals surface area contributed by atoms with Gasteiger partial charge in [0.2, 0.25) is 0 Å². The van der Waals surface area contributed by atoms with Crippen LogP contribution in [0.4, 0.5) is 0 Å². The van der Waals surface area contributed by atoms with Gasteiger partial charge < -0.3 is 0 Å². The van der Waals surface area contributed by atoms with Crippen LogP contribution in [0.25, 0.3) is 0 Å². The van der Waals surface area contributed by atoms with Crippen LogP contribution in [0, 0.1) is 0 Å². The van der Waals surface area contributed by atoms with Crippen molar-refractivity contribution >= 4 is 80.0 Å². The van der Waals surface area contributed by atoms with Crippen LogP contribution in [0.2, 0.25) is 0 Å². The van der Waals surface area contributed by atoms with Crippen molar-refractivity contribution in [3.63, 3.8) is 0 Å². The predicted octanol–water partition coefficient (Wildman–Crippen LogP) is 2.73. The van der Waals surface area contributed by atoms with Crippen LogP contribution in [-0.4, -0.2) is 6.11 Å². The molecule has 0 heterocycles. The van der Waals surface area contributed by atoms with E-state index in [1.807, 2.05) is 0 Å². The fourth-order valence-electron chi connectivity index (χ4n) is 0. The van der Waals surface area contributed by atoms with Crippen molar-refractivity contribution in [2.75, 3.05) is 0 Å². The second kappa shape index (κ2) is 27.6. The quantitative estimate of drug-likeness (QED) is 0.601. The molecule has 0 amide bonds. The van der Waals surface area contributed by atoms with E-state index < -0.39 is 0 Å². The number of halogens is 5. The lowest BCUT2D eigenvalue weighted by Gasteiger charge is -1.35. The highest BCUT2D eigenvalue weighted by Gasteiger charge is 1.53. The molecule has 0 spiro atoms. The Kier molecular flexibility index (Phi) is 112. The van der Waals surface area contributed by atoms with Crippen molar-refractivity contribution in [1.29, 1.82) is 0 Å². The second-order valence-electron chi connectivity index (χ2n) is 0.0825. The normalized spacial score (nSPS) is 2.33. The zero-order chi connectivity index (χ0) is 2.71. The molecule has 0 aliphatic heterocycles. The Hall–Kier alpha value is 2.08. The largest absolute Gasteiger partial charge is 0.357 e. The van der Waals surface area contributed by atoms with Gasteiger partial charge in [-0.3, -0.25) is 0 Å². The van der Waals surface area contributed by atoms with Crippen molar-refractivity contribution in [2.24, 2.45) is 0 Å². The number of hydrogen-bond donors (Lipinski definition) is 0. The van der Waals surface area contributed by atoms with Crippen molar-refractivity contribution in [1.82, 2.24) is 0 Å². The van der Waals surface area contributed by atoms with Gasteiger partial charge in [-0.05, 0) is 0 Å². The summed E-state index contributed by atoms with van der Waals surface area (Å²) in [6.07, 6.45) is 0.944. The third kappa shape index (κ3) is 36.2. The van der Waals surface area contributed by atoms with Gasteiger partial charge in [-0.1, -0.05) is 0 Å². The lowest BCUT2D eigenvalue weighted by Crippen LogP contribution is -1.36. The molecule has 0 unspecified atom stereocenters. The summed E-state index contributed by atoms with van der Waals surface area (Å²) in [7, 11) is 0. The molecule has 41 valence electrons. The van der Waals surface area contributed by atoms with Crippen LogP contribution in [0.5, 0.6) is 0 Å². The molecule has 0 rings (SSSR count). The molecule has 0 saturated carbocycles. The molecule has 0 aliphatic carbocycles. The minimum Gasteiger partial charge on any atom is -0.178 e. The first-order valence-corrected chi connectivity index (χ1v) is 1.31. The van der Waals surface area contributed by atoms with E-state index in [0.717, 1.165) is 6.11 Å². The Labute approximate surface area is 79.3 Å². The Morgan fingerprint density at radius 2 is 0.833 bits per heavy atom. The van der Waals surface area contributed by atoms with Gasteiger partial charge in [-0.15, -0.1) is 50.9 Å². The van der Waals surface area contributed by atoms with E-state index in [1.165, 1.54) is 0 Å². The Balaban J connectivity index is -0.00000000667. The molecular weight excluding hydrogens is 321 g/mol. The average Bonchev–Trinajstić information content (AvgIpc) is 0.918. The van der Waals surface area contributed by atoms with Gasteiger partial charge >= 0.3 is 6.11 Å². The minimum atomic E-state index is 0. The van der Waals surface area contributed by atoms with Crippen LogP contribution < -0.4 is 0 Å². The van der Waals surface area contributed by atoms with Gasteiger partial charge in [-0.25, -0.2) is 0 Å². The van der Waals surface area contributed by atoms with E-state index in [2.05, 4.69) is 22.9 Å². The first-order valence-electron chi connectivity index (χ1n) is 0.436. The molecule has 0 aliphatic rings. The lowest BCUT2D eigenvalue weighted by molar-refractivity contribution is 4.39. The van der Waals surface area contributed by atoms with E-state index in [4.69, 9.17) is 0 Å². The SMILES string of the molecule is Br.Br.Br.Cl[B]Cl. The standard InChI is InChI=1S/BCl2.3BrH/c2-1-3;;;/h;3*1H. The van der Waals surface area contributed by atoms with Gasteiger partial charge in [0.05, 0.1) is 0 Å². The summed E-state index contributed by atoms with van der Waals surface area (Å²) in [4.78, 5) is 0. The zero-order valence-corrected chi connectivity index (χ0v) is 9.21. The topological polar surface area (TPSA) is 0 Å². The Morgan fingerprint density at radius 3 is 0.833 bits per heavy atom. The van der Waals surface area contributed by atoms with Gasteiger partial charge in [0.1, 0.15) is 0 Å². The third-order valence-corrected chi connectivity index (χ3v) is 0. The summed E-state index contributed by atoms with van der Waals surface area (Å²) >= 11 is 9.28. The molecule has 0 saturated heterocycles. The van der Waals surface area contributed by atoms with Crippen molar-refractivity contribution in [2.45, 2.75) is 0 Å². The maximum Gasteiger partial charge on any atom is 0.357 e. The predicted molar refractivity (Wildman–Crippen MR) is 48.4 cm³/mol. The second-order valence-corrected chi connectivity index (χ2v) is 0.742. The van der Waals surface area contributed by atoms with Gasteiger partial charge in [-0.2, -0.15) is 22.9 Å². The zero-order valence-electron chi connectivity index (χ0n) is 2.56. The van der Waals surface area contributed by atoms with Gasteiger partial charge in [0.15, 0.2) is 0 Å². The monoisotopic (exact) mass is 321 g/mol. The van der Waals surface area contributed by atoms with Crippen molar-refractivity contribution < 1.29 is 0 Å². The summed E-state index contributed by atoms with van der Waals surface area (Å²) in [5.41, 5.74) is 0. The van der Waals surface area contributed by atoms with E-state index >= 15 is 0 Å². The first-order chi connectivity index (χ1) is 1.41. The number of rotatable bonds is 0. The molecule has 0 atom stereocenters. The molecular formula is H3BBr3Cl2. The smallest absolute Gasteiger partial charge is 0.178 e.